The molecule has 0 unspecified atom stereocenters. The van der Waals surface area contributed by atoms with Gasteiger partial charge in [-0.2, -0.15) is 0 Å². The highest BCUT2D eigenvalue weighted by atomic mass is 32.1. The maximum atomic E-state index is 12.7. The van der Waals surface area contributed by atoms with E-state index < -0.39 is 0 Å². The summed E-state index contributed by atoms with van der Waals surface area (Å²) in [6.45, 7) is 4.22. The van der Waals surface area contributed by atoms with Crippen LogP contribution in [0.1, 0.15) is 27.7 Å². The zero-order valence-electron chi connectivity index (χ0n) is 13.3. The Morgan fingerprint density at radius 1 is 1.33 bits per heavy atom. The van der Waals surface area contributed by atoms with Crippen LogP contribution in [0.3, 0.4) is 0 Å². The fraction of sp³-hybridized carbons (Fsp3) is 0.294. The van der Waals surface area contributed by atoms with Gasteiger partial charge in [0.1, 0.15) is 17.0 Å². The topological polar surface area (TPSA) is 71.0 Å². The molecule has 0 atom stereocenters. The highest BCUT2D eigenvalue weighted by Gasteiger charge is 2.26. The number of thiophene rings is 1. The molecule has 3 aromatic heterocycles. The summed E-state index contributed by atoms with van der Waals surface area (Å²) in [6, 6.07) is 3.52. The summed E-state index contributed by atoms with van der Waals surface area (Å²) >= 11 is 1.66. The molecule has 1 amide bonds. The molecule has 0 fully saturated rings. The van der Waals surface area contributed by atoms with Crippen molar-refractivity contribution in [1.29, 1.82) is 0 Å². The number of nitrogens with zero attached hydrogens (tertiary/aromatic N) is 4. The molecule has 0 radical (unpaired) electrons. The minimum Gasteiger partial charge on any atom is -0.370 e. The van der Waals surface area contributed by atoms with E-state index in [1.165, 1.54) is 10.4 Å². The summed E-state index contributed by atoms with van der Waals surface area (Å²) < 4.78 is 0. The SMILES string of the molecule is CCNc1ncnc2sc3c(c12)CCN(C(=O)c1ccncc1)C3. The summed E-state index contributed by atoms with van der Waals surface area (Å²) in [6.07, 6.45) is 5.74. The van der Waals surface area contributed by atoms with Crippen molar-refractivity contribution in [1.82, 2.24) is 19.9 Å². The quantitative estimate of drug-likeness (QED) is 0.794. The van der Waals surface area contributed by atoms with Gasteiger partial charge in [-0.25, -0.2) is 9.97 Å². The van der Waals surface area contributed by atoms with Crippen molar-refractivity contribution in [2.24, 2.45) is 0 Å². The molecule has 4 rings (SSSR count). The molecule has 0 saturated heterocycles. The van der Waals surface area contributed by atoms with Crippen LogP contribution in [0.5, 0.6) is 0 Å². The Balaban J connectivity index is 1.68. The van der Waals surface area contributed by atoms with E-state index in [0.717, 1.165) is 29.0 Å². The van der Waals surface area contributed by atoms with Gasteiger partial charge in [-0.3, -0.25) is 9.78 Å². The van der Waals surface area contributed by atoms with Crippen molar-refractivity contribution in [3.05, 3.63) is 46.9 Å². The first kappa shape index (κ1) is 15.0. The summed E-state index contributed by atoms with van der Waals surface area (Å²) in [5.41, 5.74) is 1.97. The summed E-state index contributed by atoms with van der Waals surface area (Å²) in [5.74, 6) is 0.951. The van der Waals surface area contributed by atoms with Crippen LogP contribution in [0.25, 0.3) is 10.2 Å². The first-order chi connectivity index (χ1) is 11.8. The second-order valence-corrected chi connectivity index (χ2v) is 6.73. The van der Waals surface area contributed by atoms with E-state index in [-0.39, 0.29) is 5.91 Å². The van der Waals surface area contributed by atoms with Crippen LogP contribution in [0.15, 0.2) is 30.9 Å². The van der Waals surface area contributed by atoms with Crippen LogP contribution in [0.4, 0.5) is 5.82 Å². The molecule has 1 N–H and O–H groups in total. The van der Waals surface area contributed by atoms with Crippen molar-refractivity contribution in [2.45, 2.75) is 19.9 Å². The van der Waals surface area contributed by atoms with Gasteiger partial charge < -0.3 is 10.2 Å². The van der Waals surface area contributed by atoms with Crippen LogP contribution in [-0.4, -0.2) is 38.8 Å². The summed E-state index contributed by atoms with van der Waals surface area (Å²) in [4.78, 5) is 29.5. The summed E-state index contributed by atoms with van der Waals surface area (Å²) in [7, 11) is 0. The van der Waals surface area contributed by atoms with E-state index in [0.29, 0.717) is 18.7 Å². The fourth-order valence-electron chi connectivity index (χ4n) is 3.08. The van der Waals surface area contributed by atoms with Crippen molar-refractivity contribution >= 4 is 33.3 Å². The van der Waals surface area contributed by atoms with E-state index in [9.17, 15) is 4.79 Å². The molecule has 3 aromatic rings. The van der Waals surface area contributed by atoms with E-state index in [1.807, 2.05) is 4.90 Å². The predicted molar refractivity (Wildman–Crippen MR) is 94.3 cm³/mol. The standard InChI is InChI=1S/C17H17N5OS/c1-2-19-15-14-12-5-8-22(17(23)11-3-6-18-7-4-11)9-13(12)24-16(14)21-10-20-15/h3-4,6-7,10H,2,5,8-9H2,1H3,(H,19,20,21). The van der Waals surface area contributed by atoms with Crippen molar-refractivity contribution in [2.75, 3.05) is 18.4 Å². The van der Waals surface area contributed by atoms with E-state index in [2.05, 4.69) is 27.2 Å². The molecule has 24 heavy (non-hydrogen) atoms. The first-order valence-electron chi connectivity index (χ1n) is 7.96. The molecule has 0 spiro atoms. The van der Waals surface area contributed by atoms with Crippen LogP contribution in [0.2, 0.25) is 0 Å². The molecule has 0 aliphatic carbocycles. The van der Waals surface area contributed by atoms with Gasteiger partial charge in [0.2, 0.25) is 0 Å². The third kappa shape index (κ3) is 2.50. The average Bonchev–Trinajstić information content (AvgIpc) is 3.00. The molecule has 0 saturated carbocycles. The smallest absolute Gasteiger partial charge is 0.254 e. The lowest BCUT2D eigenvalue weighted by molar-refractivity contribution is 0.0737. The highest BCUT2D eigenvalue weighted by molar-refractivity contribution is 7.19. The molecule has 122 valence electrons. The number of rotatable bonds is 3. The van der Waals surface area contributed by atoms with Crippen LogP contribution in [-0.2, 0) is 13.0 Å². The monoisotopic (exact) mass is 339 g/mol. The zero-order chi connectivity index (χ0) is 16.5. The lowest BCUT2D eigenvalue weighted by atomic mass is 10.0. The lowest BCUT2D eigenvalue weighted by Crippen LogP contribution is -2.35. The second kappa shape index (κ2) is 6.16. The number of anilines is 1. The number of aromatic nitrogens is 3. The zero-order valence-corrected chi connectivity index (χ0v) is 14.1. The molecular formula is C17H17N5OS. The molecule has 7 heteroatoms. The largest absolute Gasteiger partial charge is 0.370 e. The molecule has 0 aromatic carbocycles. The van der Waals surface area contributed by atoms with Gasteiger partial charge in [-0.05, 0) is 31.0 Å². The van der Waals surface area contributed by atoms with E-state index >= 15 is 0 Å². The van der Waals surface area contributed by atoms with E-state index in [4.69, 9.17) is 0 Å². The Bertz CT molecular complexity index is 893. The van der Waals surface area contributed by atoms with Crippen molar-refractivity contribution in [3.8, 4) is 0 Å². The van der Waals surface area contributed by atoms with Crippen LogP contribution in [0, 0.1) is 0 Å². The van der Waals surface area contributed by atoms with Gasteiger partial charge in [0, 0.05) is 35.9 Å². The number of fused-ring (bicyclic) bond motifs is 3. The molecule has 6 nitrogen and oxygen atoms in total. The minimum absolute atomic E-state index is 0.0542. The summed E-state index contributed by atoms with van der Waals surface area (Å²) in [5, 5.41) is 4.44. The van der Waals surface area contributed by atoms with Crippen LogP contribution < -0.4 is 5.32 Å². The van der Waals surface area contributed by atoms with Gasteiger partial charge in [-0.15, -0.1) is 11.3 Å². The van der Waals surface area contributed by atoms with Gasteiger partial charge in [0.15, 0.2) is 0 Å². The number of carbonyl (C=O) groups excluding carboxylic acids is 1. The van der Waals surface area contributed by atoms with E-state index in [1.54, 1.807) is 42.2 Å². The second-order valence-electron chi connectivity index (χ2n) is 5.65. The number of nitrogens with one attached hydrogen (secondary N) is 1. The number of hydrogen-bond donors (Lipinski definition) is 1. The molecule has 0 bridgehead atoms. The Hall–Kier alpha value is -2.54. The first-order valence-corrected chi connectivity index (χ1v) is 8.78. The number of pyridine rings is 1. The maximum absolute atomic E-state index is 12.7. The Morgan fingerprint density at radius 3 is 2.96 bits per heavy atom. The number of hydrogen-bond acceptors (Lipinski definition) is 6. The Morgan fingerprint density at radius 2 is 2.17 bits per heavy atom. The van der Waals surface area contributed by atoms with Crippen molar-refractivity contribution in [3.63, 3.8) is 0 Å². The normalized spacial score (nSPS) is 13.8. The molecule has 4 heterocycles. The Kier molecular flexibility index (Phi) is 3.86. The van der Waals surface area contributed by atoms with Gasteiger partial charge in [0.05, 0.1) is 11.9 Å². The van der Waals surface area contributed by atoms with Gasteiger partial charge >= 0.3 is 0 Å². The third-order valence-corrected chi connectivity index (χ3v) is 5.32. The fourth-order valence-corrected chi connectivity index (χ4v) is 4.28. The van der Waals surface area contributed by atoms with Crippen LogP contribution >= 0.6 is 11.3 Å². The molecule has 1 aliphatic rings. The Labute approximate surface area is 143 Å². The minimum atomic E-state index is 0.0542. The molecular weight excluding hydrogens is 322 g/mol. The third-order valence-electron chi connectivity index (χ3n) is 4.20. The maximum Gasteiger partial charge on any atom is 0.254 e. The average molecular weight is 339 g/mol. The number of amides is 1. The molecule has 1 aliphatic heterocycles. The van der Waals surface area contributed by atoms with Gasteiger partial charge in [-0.1, -0.05) is 0 Å². The van der Waals surface area contributed by atoms with Gasteiger partial charge in [0.25, 0.3) is 5.91 Å². The number of carbonyl (C=O) groups is 1. The lowest BCUT2D eigenvalue weighted by Gasteiger charge is -2.27. The predicted octanol–water partition coefficient (Wildman–Crippen LogP) is 2.72. The highest BCUT2D eigenvalue weighted by Crippen LogP contribution is 2.37. The van der Waals surface area contributed by atoms with Crippen molar-refractivity contribution < 1.29 is 4.79 Å².